The van der Waals surface area contributed by atoms with Crippen molar-refractivity contribution in [2.45, 2.75) is 112 Å². The minimum atomic E-state index is -1.11. The predicted molar refractivity (Wildman–Crippen MR) is 153 cm³/mol. The molecule has 0 spiro atoms. The van der Waals surface area contributed by atoms with Gasteiger partial charge in [0, 0.05) is 0 Å². The second-order valence-corrected chi connectivity index (χ2v) is 11.5. The first kappa shape index (κ1) is 36.5. The van der Waals surface area contributed by atoms with Crippen LogP contribution in [0.2, 0.25) is 0 Å². The summed E-state index contributed by atoms with van der Waals surface area (Å²) in [5.41, 5.74) is 5.86. The molecule has 12 nitrogen and oxygen atoms in total. The quantitative estimate of drug-likeness (QED) is 0.153. The smallest absolute Gasteiger partial charge is 0.458 e. The van der Waals surface area contributed by atoms with Crippen molar-refractivity contribution in [1.82, 2.24) is 0 Å². The normalized spacial score (nSPS) is 14.3. The summed E-state index contributed by atoms with van der Waals surface area (Å²) < 4.78 is 36.7. The first-order valence-electron chi connectivity index (χ1n) is 14.2. The molecule has 238 valence electrons. The average molecular weight is 598 g/mol. The van der Waals surface area contributed by atoms with Crippen molar-refractivity contribution in [3.8, 4) is 11.5 Å². The number of carbonyl (C=O) groups is 4. The minimum Gasteiger partial charge on any atom is -0.458 e. The van der Waals surface area contributed by atoms with Crippen LogP contribution < -0.4 is 15.2 Å². The zero-order chi connectivity index (χ0) is 32.2. The monoisotopic (exact) mass is 597 g/mol. The average Bonchev–Trinajstić information content (AvgIpc) is 2.88. The molecule has 0 heterocycles. The Morgan fingerprint density at radius 3 is 1.81 bits per heavy atom. The molecule has 0 aromatic heterocycles. The fraction of sp³-hybridized carbons (Fsp3) is 0.667. The molecular weight excluding hydrogens is 550 g/mol. The number of hydrogen-bond donors (Lipinski definition) is 1. The van der Waals surface area contributed by atoms with E-state index in [9.17, 15) is 19.2 Å². The van der Waals surface area contributed by atoms with E-state index in [1.807, 2.05) is 34.6 Å². The Morgan fingerprint density at radius 2 is 1.31 bits per heavy atom. The summed E-state index contributed by atoms with van der Waals surface area (Å²) in [4.78, 5) is 49.2. The number of benzene rings is 1. The lowest BCUT2D eigenvalue weighted by atomic mass is 10.1. The highest BCUT2D eigenvalue weighted by Gasteiger charge is 2.25. The van der Waals surface area contributed by atoms with E-state index in [4.69, 9.17) is 38.9 Å². The lowest BCUT2D eigenvalue weighted by Crippen LogP contribution is -2.37. The maximum absolute atomic E-state index is 12.6. The number of carbonyl (C=O) groups excluding carboxylic acids is 4. The number of ether oxygens (including phenoxy) is 7. The van der Waals surface area contributed by atoms with Gasteiger partial charge in [-0.05, 0) is 77.0 Å². The van der Waals surface area contributed by atoms with E-state index >= 15 is 0 Å². The molecule has 0 amide bonds. The molecule has 0 saturated carbocycles. The topological polar surface area (TPSA) is 159 Å². The van der Waals surface area contributed by atoms with E-state index < -0.39 is 54.4 Å². The Balaban J connectivity index is 2.93. The molecule has 0 aliphatic rings. The van der Waals surface area contributed by atoms with Crippen molar-refractivity contribution in [1.29, 1.82) is 0 Å². The third-order valence-electron chi connectivity index (χ3n) is 6.56. The number of esters is 1. The van der Waals surface area contributed by atoms with E-state index in [2.05, 4.69) is 0 Å². The van der Waals surface area contributed by atoms with Gasteiger partial charge in [0.2, 0.25) is 0 Å². The standard InChI is InChI=1S/C30H47NO11/c1-11-30(9,10)42-27(33)36-16-19(6)37-26(32)23(31)14-22-12-13-24(40-28(34)38-20(7)17(2)3)25(15-22)41-29(35)39-21(8)18(4)5/h12-13,15,17-21,23H,11,14,16,31H2,1-10H3/t19-,20?,21?,23-/m0/s1. The summed E-state index contributed by atoms with van der Waals surface area (Å²) in [6.07, 6.45) is -3.89. The van der Waals surface area contributed by atoms with Crippen LogP contribution in [-0.2, 0) is 34.9 Å². The molecule has 12 heteroatoms. The minimum absolute atomic E-state index is 0.0118. The van der Waals surface area contributed by atoms with E-state index in [-0.39, 0.29) is 36.4 Å². The first-order chi connectivity index (χ1) is 19.4. The molecule has 2 N–H and O–H groups in total. The Labute approximate surface area is 248 Å². The van der Waals surface area contributed by atoms with Gasteiger partial charge >= 0.3 is 24.4 Å². The van der Waals surface area contributed by atoms with Crippen molar-refractivity contribution >= 4 is 24.4 Å². The predicted octanol–water partition coefficient (Wildman–Crippen LogP) is 5.95. The number of rotatable bonds is 14. The lowest BCUT2D eigenvalue weighted by molar-refractivity contribution is -0.152. The van der Waals surface area contributed by atoms with Gasteiger partial charge in [-0.25, -0.2) is 14.4 Å². The van der Waals surface area contributed by atoms with Crippen molar-refractivity contribution < 1.29 is 52.3 Å². The van der Waals surface area contributed by atoms with Gasteiger partial charge in [0.25, 0.3) is 0 Å². The fourth-order valence-corrected chi connectivity index (χ4v) is 2.82. The van der Waals surface area contributed by atoms with Crippen molar-refractivity contribution in [3.05, 3.63) is 23.8 Å². The van der Waals surface area contributed by atoms with Gasteiger partial charge in [-0.2, -0.15) is 0 Å². The summed E-state index contributed by atoms with van der Waals surface area (Å²) in [6, 6.07) is 3.24. The van der Waals surface area contributed by atoms with E-state index in [1.165, 1.54) is 12.1 Å². The lowest BCUT2D eigenvalue weighted by Gasteiger charge is -2.23. The van der Waals surface area contributed by atoms with Crippen molar-refractivity contribution in [2.75, 3.05) is 6.61 Å². The van der Waals surface area contributed by atoms with Crippen LogP contribution in [0.15, 0.2) is 18.2 Å². The van der Waals surface area contributed by atoms with Crippen LogP contribution in [-0.4, -0.2) is 61.0 Å². The zero-order valence-electron chi connectivity index (χ0n) is 26.4. The first-order valence-corrected chi connectivity index (χ1v) is 14.2. The van der Waals surface area contributed by atoms with Crippen molar-refractivity contribution in [3.63, 3.8) is 0 Å². The molecule has 0 fully saturated rings. The summed E-state index contributed by atoms with van der Waals surface area (Å²) in [7, 11) is 0. The van der Waals surface area contributed by atoms with Gasteiger partial charge in [-0.1, -0.05) is 40.7 Å². The SMILES string of the molecule is CCC(C)(C)OC(=O)OC[C@H](C)OC(=O)[C@@H](N)Cc1ccc(OC(=O)OC(C)C(C)C)c(OC(=O)OC(C)C(C)C)c1. The maximum atomic E-state index is 12.6. The molecule has 0 aliphatic carbocycles. The van der Waals surface area contributed by atoms with E-state index in [1.54, 1.807) is 40.7 Å². The molecule has 0 saturated heterocycles. The second kappa shape index (κ2) is 16.8. The third-order valence-corrected chi connectivity index (χ3v) is 6.56. The molecule has 1 rings (SSSR count). The van der Waals surface area contributed by atoms with Gasteiger partial charge in [-0.3, -0.25) is 4.79 Å². The summed E-state index contributed by atoms with van der Waals surface area (Å²) in [5.74, 6) is -0.863. The summed E-state index contributed by atoms with van der Waals surface area (Å²) in [5, 5.41) is 0. The number of hydrogen-bond acceptors (Lipinski definition) is 12. The van der Waals surface area contributed by atoms with E-state index in [0.717, 1.165) is 0 Å². The Bertz CT molecular complexity index is 1050. The Kier molecular flexibility index (Phi) is 14.6. The van der Waals surface area contributed by atoms with Crippen LogP contribution in [0.1, 0.15) is 81.2 Å². The van der Waals surface area contributed by atoms with Gasteiger partial charge in [0.05, 0.1) is 0 Å². The molecule has 4 atom stereocenters. The zero-order valence-corrected chi connectivity index (χ0v) is 26.4. The summed E-state index contributed by atoms with van der Waals surface area (Å²) >= 11 is 0. The molecule has 1 aromatic carbocycles. The van der Waals surface area contributed by atoms with Gasteiger partial charge in [-0.15, -0.1) is 0 Å². The fourth-order valence-electron chi connectivity index (χ4n) is 2.82. The molecule has 42 heavy (non-hydrogen) atoms. The van der Waals surface area contributed by atoms with Gasteiger partial charge in [0.1, 0.15) is 36.6 Å². The highest BCUT2D eigenvalue weighted by Crippen LogP contribution is 2.30. The van der Waals surface area contributed by atoms with E-state index in [0.29, 0.717) is 12.0 Å². The van der Waals surface area contributed by atoms with Crippen LogP contribution in [0.25, 0.3) is 0 Å². The molecule has 1 aromatic rings. The maximum Gasteiger partial charge on any atom is 0.514 e. The van der Waals surface area contributed by atoms with Crippen LogP contribution in [0.4, 0.5) is 14.4 Å². The largest absolute Gasteiger partial charge is 0.514 e. The van der Waals surface area contributed by atoms with Crippen LogP contribution in [0, 0.1) is 11.8 Å². The molecule has 2 unspecified atom stereocenters. The van der Waals surface area contributed by atoms with Crippen LogP contribution in [0.3, 0.4) is 0 Å². The van der Waals surface area contributed by atoms with Crippen LogP contribution in [0.5, 0.6) is 11.5 Å². The van der Waals surface area contributed by atoms with Crippen molar-refractivity contribution in [2.24, 2.45) is 17.6 Å². The van der Waals surface area contributed by atoms with Crippen LogP contribution >= 0.6 is 0 Å². The molecule has 0 aliphatic heterocycles. The highest BCUT2D eigenvalue weighted by molar-refractivity contribution is 5.76. The number of nitrogens with two attached hydrogens (primary N) is 1. The van der Waals surface area contributed by atoms with Gasteiger partial charge in [0.15, 0.2) is 11.5 Å². The van der Waals surface area contributed by atoms with Gasteiger partial charge < -0.3 is 38.9 Å². The highest BCUT2D eigenvalue weighted by atomic mass is 16.8. The Hall–Kier alpha value is -3.54. The Morgan fingerprint density at radius 1 is 0.786 bits per heavy atom. The third kappa shape index (κ3) is 13.4. The molecular formula is C30H47NO11. The summed E-state index contributed by atoms with van der Waals surface area (Å²) in [6.45, 7) is 17.7. The molecule has 0 radical (unpaired) electrons. The second-order valence-electron chi connectivity index (χ2n) is 11.5. The molecule has 0 bridgehead atoms.